The van der Waals surface area contributed by atoms with Gasteiger partial charge in [-0.3, -0.25) is 0 Å². The highest BCUT2D eigenvalue weighted by molar-refractivity contribution is 7.99. The fourth-order valence-electron chi connectivity index (χ4n) is 4.08. The Morgan fingerprint density at radius 1 is 1.16 bits per heavy atom. The maximum atomic E-state index is 12.9. The lowest BCUT2D eigenvalue weighted by Crippen LogP contribution is -2.29. The fourth-order valence-corrected chi connectivity index (χ4v) is 6.68. The Hall–Kier alpha value is -1.89. The van der Waals surface area contributed by atoms with Gasteiger partial charge >= 0.3 is 5.97 Å². The largest absolute Gasteiger partial charge is 0.467 e. The molecular formula is C25H29NO3S2. The lowest BCUT2D eigenvalue weighted by Gasteiger charge is -2.28. The van der Waals surface area contributed by atoms with E-state index in [1.807, 2.05) is 45.9 Å². The van der Waals surface area contributed by atoms with Gasteiger partial charge in [-0.25, -0.2) is 9.78 Å². The smallest absolute Gasteiger partial charge is 0.339 e. The molecule has 0 N–H and O–H groups in total. The molecule has 4 nitrogen and oxygen atoms in total. The molecule has 1 aliphatic rings. The highest BCUT2D eigenvalue weighted by Gasteiger charge is 2.34. The molecule has 0 saturated heterocycles. The first-order valence-electron chi connectivity index (χ1n) is 10.7. The molecule has 0 spiro atoms. The summed E-state index contributed by atoms with van der Waals surface area (Å²) in [7, 11) is 1.42. The standard InChI is InChI=1S/C25H29NO3S2/c1-15-19(21(24(27)28-5)29-25(2,3)4)22(30-16-11-7-6-8-12-16)20-17-13-9-10-14-18(17)31-23(20)26-15/h6-8,11-12,21H,9-10,13-14H2,1-5H3. The molecule has 2 aromatic heterocycles. The van der Waals surface area contributed by atoms with E-state index in [1.165, 1.54) is 35.8 Å². The normalized spacial score (nSPS) is 15.0. The van der Waals surface area contributed by atoms with Crippen molar-refractivity contribution in [2.24, 2.45) is 0 Å². The maximum Gasteiger partial charge on any atom is 0.339 e. The predicted octanol–water partition coefficient (Wildman–Crippen LogP) is 6.66. The predicted molar refractivity (Wildman–Crippen MR) is 127 cm³/mol. The minimum absolute atomic E-state index is 0.391. The number of pyridine rings is 1. The Kier molecular flexibility index (Phi) is 6.42. The van der Waals surface area contributed by atoms with E-state index < -0.39 is 17.7 Å². The van der Waals surface area contributed by atoms with Crippen molar-refractivity contribution in [3.8, 4) is 0 Å². The van der Waals surface area contributed by atoms with Crippen LogP contribution in [0.25, 0.3) is 10.2 Å². The van der Waals surface area contributed by atoms with E-state index in [1.54, 1.807) is 23.1 Å². The second-order valence-corrected chi connectivity index (χ2v) is 11.0. The van der Waals surface area contributed by atoms with Crippen LogP contribution in [0.15, 0.2) is 40.1 Å². The Labute approximate surface area is 192 Å². The topological polar surface area (TPSA) is 48.4 Å². The lowest BCUT2D eigenvalue weighted by molar-refractivity contribution is -0.164. The van der Waals surface area contributed by atoms with Gasteiger partial charge < -0.3 is 9.47 Å². The van der Waals surface area contributed by atoms with Crippen LogP contribution in [0.1, 0.15) is 61.4 Å². The van der Waals surface area contributed by atoms with Gasteiger partial charge in [-0.1, -0.05) is 30.0 Å². The molecule has 0 aliphatic heterocycles. The number of hydrogen-bond donors (Lipinski definition) is 0. The van der Waals surface area contributed by atoms with Crippen molar-refractivity contribution in [3.05, 3.63) is 52.0 Å². The van der Waals surface area contributed by atoms with E-state index in [2.05, 4.69) is 12.1 Å². The van der Waals surface area contributed by atoms with E-state index in [4.69, 9.17) is 14.5 Å². The van der Waals surface area contributed by atoms with Crippen LogP contribution in [-0.2, 0) is 27.1 Å². The molecule has 0 radical (unpaired) electrons. The molecular weight excluding hydrogens is 426 g/mol. The first-order valence-corrected chi connectivity index (χ1v) is 12.3. The molecule has 0 bridgehead atoms. The molecule has 1 aromatic carbocycles. The van der Waals surface area contributed by atoms with Crippen LogP contribution in [-0.4, -0.2) is 23.7 Å². The first-order chi connectivity index (χ1) is 14.8. The summed E-state index contributed by atoms with van der Waals surface area (Å²) in [5.74, 6) is -0.391. The summed E-state index contributed by atoms with van der Waals surface area (Å²) in [4.78, 5) is 22.6. The van der Waals surface area contributed by atoms with Gasteiger partial charge in [-0.05, 0) is 71.1 Å². The van der Waals surface area contributed by atoms with Gasteiger partial charge in [-0.15, -0.1) is 11.3 Å². The summed E-state index contributed by atoms with van der Waals surface area (Å²) in [6.45, 7) is 7.85. The number of rotatable bonds is 5. The van der Waals surface area contributed by atoms with Gasteiger partial charge in [0.2, 0.25) is 0 Å². The number of hydrogen-bond acceptors (Lipinski definition) is 6. The number of aromatic nitrogens is 1. The number of methoxy groups -OCH3 is 1. The number of ether oxygens (including phenoxy) is 2. The van der Waals surface area contributed by atoms with Crippen LogP contribution < -0.4 is 0 Å². The van der Waals surface area contributed by atoms with Crippen molar-refractivity contribution in [1.82, 2.24) is 4.98 Å². The van der Waals surface area contributed by atoms with Gasteiger partial charge in [0.05, 0.1) is 12.7 Å². The van der Waals surface area contributed by atoms with Crippen molar-refractivity contribution in [2.45, 2.75) is 74.9 Å². The maximum absolute atomic E-state index is 12.9. The summed E-state index contributed by atoms with van der Waals surface area (Å²) in [5.41, 5.74) is 2.54. The number of nitrogens with zero attached hydrogens (tertiary/aromatic N) is 1. The van der Waals surface area contributed by atoms with Crippen LogP contribution >= 0.6 is 23.1 Å². The van der Waals surface area contributed by atoms with Crippen LogP contribution in [0, 0.1) is 6.92 Å². The number of fused-ring (bicyclic) bond motifs is 3. The van der Waals surface area contributed by atoms with E-state index in [-0.39, 0.29) is 0 Å². The highest BCUT2D eigenvalue weighted by atomic mass is 32.2. The molecule has 1 unspecified atom stereocenters. The van der Waals surface area contributed by atoms with E-state index in [0.29, 0.717) is 0 Å². The summed E-state index contributed by atoms with van der Waals surface area (Å²) < 4.78 is 11.5. The SMILES string of the molecule is COC(=O)C(OC(C)(C)C)c1c(C)nc2sc3c(c2c1Sc1ccccc1)CCCC3. The second kappa shape index (κ2) is 8.93. The summed E-state index contributed by atoms with van der Waals surface area (Å²) in [6.07, 6.45) is 3.76. The molecule has 164 valence electrons. The second-order valence-electron chi connectivity index (χ2n) is 8.88. The number of esters is 1. The van der Waals surface area contributed by atoms with E-state index in [9.17, 15) is 4.79 Å². The van der Waals surface area contributed by atoms with E-state index in [0.717, 1.165) is 38.7 Å². The molecule has 2 heterocycles. The summed E-state index contributed by atoms with van der Waals surface area (Å²) in [5, 5.41) is 1.19. The summed E-state index contributed by atoms with van der Waals surface area (Å²) >= 11 is 3.50. The Morgan fingerprint density at radius 3 is 2.55 bits per heavy atom. The average Bonchev–Trinajstić information content (AvgIpc) is 3.10. The van der Waals surface area contributed by atoms with Crippen LogP contribution in [0.5, 0.6) is 0 Å². The molecule has 0 saturated carbocycles. The van der Waals surface area contributed by atoms with Crippen molar-refractivity contribution < 1.29 is 14.3 Å². The lowest BCUT2D eigenvalue weighted by atomic mass is 9.95. The fraction of sp³-hybridized carbons (Fsp3) is 0.440. The van der Waals surface area contributed by atoms with Crippen molar-refractivity contribution in [2.75, 3.05) is 7.11 Å². The monoisotopic (exact) mass is 455 g/mol. The van der Waals surface area contributed by atoms with Crippen molar-refractivity contribution in [3.63, 3.8) is 0 Å². The average molecular weight is 456 g/mol. The van der Waals surface area contributed by atoms with Gasteiger partial charge in [-0.2, -0.15) is 0 Å². The Morgan fingerprint density at radius 2 is 1.87 bits per heavy atom. The molecule has 4 rings (SSSR count). The van der Waals surface area contributed by atoms with Crippen LogP contribution in [0.2, 0.25) is 0 Å². The summed E-state index contributed by atoms with van der Waals surface area (Å²) in [6, 6.07) is 10.3. The van der Waals surface area contributed by atoms with Gasteiger partial charge in [0.25, 0.3) is 0 Å². The number of benzene rings is 1. The third-order valence-electron chi connectivity index (χ3n) is 5.40. The highest BCUT2D eigenvalue weighted by Crippen LogP contribution is 2.47. The molecule has 0 fully saturated rings. The van der Waals surface area contributed by atoms with Crippen molar-refractivity contribution >= 4 is 39.3 Å². The van der Waals surface area contributed by atoms with Crippen LogP contribution in [0.3, 0.4) is 0 Å². The van der Waals surface area contributed by atoms with Crippen LogP contribution in [0.4, 0.5) is 0 Å². The molecule has 31 heavy (non-hydrogen) atoms. The molecule has 3 aromatic rings. The zero-order valence-electron chi connectivity index (χ0n) is 18.8. The Balaban J connectivity index is 1.99. The Bertz CT molecular complexity index is 1100. The number of thiophene rings is 1. The van der Waals surface area contributed by atoms with Gasteiger partial charge in [0.1, 0.15) is 4.83 Å². The third kappa shape index (κ3) is 4.66. The zero-order chi connectivity index (χ0) is 22.2. The van der Waals surface area contributed by atoms with Gasteiger partial charge in [0, 0.05) is 31.3 Å². The number of carbonyl (C=O) groups is 1. The van der Waals surface area contributed by atoms with E-state index >= 15 is 0 Å². The number of aryl methyl sites for hydroxylation is 3. The minimum Gasteiger partial charge on any atom is -0.467 e. The third-order valence-corrected chi connectivity index (χ3v) is 7.72. The molecule has 1 atom stereocenters. The first kappa shape index (κ1) is 22.3. The zero-order valence-corrected chi connectivity index (χ0v) is 20.4. The minimum atomic E-state index is -0.827. The molecule has 0 amide bonds. The van der Waals surface area contributed by atoms with Gasteiger partial charge in [0.15, 0.2) is 6.10 Å². The van der Waals surface area contributed by atoms with Crippen molar-refractivity contribution in [1.29, 1.82) is 0 Å². The molecule has 6 heteroatoms. The number of carbonyl (C=O) groups excluding carboxylic acids is 1. The quantitative estimate of drug-likeness (QED) is 0.402. The molecule has 1 aliphatic carbocycles.